The molecule has 2 heterocycles. The van der Waals surface area contributed by atoms with Gasteiger partial charge in [-0.25, -0.2) is 9.78 Å². The van der Waals surface area contributed by atoms with Gasteiger partial charge < -0.3 is 29.9 Å². The molecule has 9 nitrogen and oxygen atoms in total. The number of benzene rings is 1. The largest absolute Gasteiger partial charge is 0.497 e. The Bertz CT molecular complexity index is 852. The Morgan fingerprint density at radius 2 is 1.86 bits per heavy atom. The number of aryl methyl sites for hydroxylation is 1. The van der Waals surface area contributed by atoms with Crippen molar-refractivity contribution in [2.24, 2.45) is 0 Å². The molecule has 2 aromatic rings. The topological polar surface area (TPSA) is 91.9 Å². The van der Waals surface area contributed by atoms with Gasteiger partial charge in [0.25, 0.3) is 0 Å². The summed E-state index contributed by atoms with van der Waals surface area (Å²) in [5.74, 6) is 2.74. The number of anilines is 3. The number of nitrogens with zero attached hydrogens (tertiary/aromatic N) is 4. The van der Waals surface area contributed by atoms with Crippen molar-refractivity contribution < 1.29 is 14.3 Å². The molecule has 0 saturated carbocycles. The standard InChI is InChI=1S/C20H28N6O3/c1-5-21-18-12-14(2)22-19(24-18)25-8-10-26(11-9-25)20(27)23-16-7-6-15(28-3)13-17(16)29-4/h6-7,12-13H,5,8-11H2,1-4H3,(H,23,27)(H,21,22,24). The number of carbonyl (C=O) groups excluding carboxylic acids is 1. The average Bonchev–Trinajstić information content (AvgIpc) is 2.74. The van der Waals surface area contributed by atoms with Crippen LogP contribution in [-0.2, 0) is 0 Å². The van der Waals surface area contributed by atoms with E-state index in [2.05, 4.69) is 25.5 Å². The fourth-order valence-corrected chi connectivity index (χ4v) is 3.17. The molecule has 0 atom stereocenters. The third kappa shape index (κ3) is 4.98. The molecule has 2 amide bonds. The Hall–Kier alpha value is -3.23. The van der Waals surface area contributed by atoms with Crippen molar-refractivity contribution in [3.05, 3.63) is 30.0 Å². The Morgan fingerprint density at radius 3 is 2.52 bits per heavy atom. The lowest BCUT2D eigenvalue weighted by Gasteiger charge is -2.35. The van der Waals surface area contributed by atoms with Crippen LogP contribution in [0.5, 0.6) is 11.5 Å². The van der Waals surface area contributed by atoms with Crippen LogP contribution >= 0.6 is 0 Å². The number of rotatable bonds is 6. The summed E-state index contributed by atoms with van der Waals surface area (Å²) in [6.45, 7) is 7.30. The summed E-state index contributed by atoms with van der Waals surface area (Å²) >= 11 is 0. The van der Waals surface area contributed by atoms with E-state index in [1.807, 2.05) is 19.9 Å². The van der Waals surface area contributed by atoms with Crippen LogP contribution in [0.15, 0.2) is 24.3 Å². The SMILES string of the molecule is CCNc1cc(C)nc(N2CCN(C(=O)Nc3ccc(OC)cc3OC)CC2)n1. The zero-order valence-electron chi connectivity index (χ0n) is 17.4. The Balaban J connectivity index is 1.61. The summed E-state index contributed by atoms with van der Waals surface area (Å²) in [7, 11) is 3.15. The van der Waals surface area contributed by atoms with E-state index in [0.29, 0.717) is 49.3 Å². The first kappa shape index (κ1) is 20.5. The number of urea groups is 1. The van der Waals surface area contributed by atoms with Crippen LogP contribution in [0.1, 0.15) is 12.6 Å². The van der Waals surface area contributed by atoms with Crippen molar-refractivity contribution in [2.45, 2.75) is 13.8 Å². The van der Waals surface area contributed by atoms with Gasteiger partial charge in [0, 0.05) is 50.6 Å². The maximum Gasteiger partial charge on any atom is 0.322 e. The van der Waals surface area contributed by atoms with E-state index in [9.17, 15) is 4.79 Å². The first-order valence-electron chi connectivity index (χ1n) is 9.66. The van der Waals surface area contributed by atoms with E-state index in [1.54, 1.807) is 37.3 Å². The molecule has 29 heavy (non-hydrogen) atoms. The number of hydrogen-bond acceptors (Lipinski definition) is 7. The lowest BCUT2D eigenvalue weighted by Crippen LogP contribution is -2.50. The highest BCUT2D eigenvalue weighted by Gasteiger charge is 2.24. The third-order valence-electron chi connectivity index (χ3n) is 4.70. The van der Waals surface area contributed by atoms with Crippen molar-refractivity contribution in [1.29, 1.82) is 0 Å². The van der Waals surface area contributed by atoms with Gasteiger partial charge in [-0.05, 0) is 26.0 Å². The van der Waals surface area contributed by atoms with Gasteiger partial charge in [0.15, 0.2) is 0 Å². The molecule has 0 spiro atoms. The lowest BCUT2D eigenvalue weighted by atomic mass is 10.2. The fraction of sp³-hybridized carbons (Fsp3) is 0.450. The zero-order chi connectivity index (χ0) is 20.8. The number of nitrogens with one attached hydrogen (secondary N) is 2. The zero-order valence-corrected chi connectivity index (χ0v) is 17.4. The predicted molar refractivity (Wildman–Crippen MR) is 113 cm³/mol. The highest BCUT2D eigenvalue weighted by molar-refractivity contribution is 5.91. The molecule has 0 radical (unpaired) electrons. The van der Waals surface area contributed by atoms with Crippen molar-refractivity contribution >= 4 is 23.5 Å². The van der Waals surface area contributed by atoms with Crippen molar-refractivity contribution in [1.82, 2.24) is 14.9 Å². The number of aromatic nitrogens is 2. The van der Waals surface area contributed by atoms with E-state index in [0.717, 1.165) is 18.1 Å². The quantitative estimate of drug-likeness (QED) is 0.770. The minimum absolute atomic E-state index is 0.161. The molecule has 1 aromatic heterocycles. The smallest absolute Gasteiger partial charge is 0.322 e. The molecule has 3 rings (SSSR count). The first-order valence-corrected chi connectivity index (χ1v) is 9.66. The van der Waals surface area contributed by atoms with Crippen LogP contribution in [0.2, 0.25) is 0 Å². The van der Waals surface area contributed by atoms with Crippen molar-refractivity contribution in [3.63, 3.8) is 0 Å². The summed E-state index contributed by atoms with van der Waals surface area (Å²) in [5, 5.41) is 6.15. The molecule has 2 N–H and O–H groups in total. The van der Waals surface area contributed by atoms with Gasteiger partial charge >= 0.3 is 6.03 Å². The van der Waals surface area contributed by atoms with Crippen LogP contribution in [0, 0.1) is 6.92 Å². The molecule has 1 aromatic carbocycles. The summed E-state index contributed by atoms with van der Waals surface area (Å²) in [5.41, 5.74) is 1.52. The predicted octanol–water partition coefficient (Wildman–Crippen LogP) is 2.59. The molecule has 1 aliphatic rings. The van der Waals surface area contributed by atoms with Gasteiger partial charge in [-0.2, -0.15) is 4.98 Å². The van der Waals surface area contributed by atoms with E-state index >= 15 is 0 Å². The third-order valence-corrected chi connectivity index (χ3v) is 4.70. The molecule has 0 aliphatic carbocycles. The number of carbonyl (C=O) groups is 1. The Morgan fingerprint density at radius 1 is 1.10 bits per heavy atom. The molecule has 9 heteroatoms. The minimum atomic E-state index is -0.161. The van der Waals surface area contributed by atoms with Crippen LogP contribution in [-0.4, -0.2) is 67.8 Å². The van der Waals surface area contributed by atoms with E-state index in [-0.39, 0.29) is 6.03 Å². The molecule has 0 unspecified atom stereocenters. The molecule has 1 aliphatic heterocycles. The van der Waals surface area contributed by atoms with Crippen molar-refractivity contribution in [3.8, 4) is 11.5 Å². The fourth-order valence-electron chi connectivity index (χ4n) is 3.17. The van der Waals surface area contributed by atoms with E-state index in [4.69, 9.17) is 9.47 Å². The summed E-state index contributed by atoms with van der Waals surface area (Å²) in [6.07, 6.45) is 0. The normalized spacial score (nSPS) is 13.8. The Labute approximate surface area is 171 Å². The highest BCUT2D eigenvalue weighted by atomic mass is 16.5. The Kier molecular flexibility index (Phi) is 6.58. The van der Waals surface area contributed by atoms with E-state index in [1.165, 1.54) is 0 Å². The second kappa shape index (κ2) is 9.31. The number of piperazine rings is 1. The average molecular weight is 400 g/mol. The molecule has 0 bridgehead atoms. The minimum Gasteiger partial charge on any atom is -0.497 e. The van der Waals surface area contributed by atoms with Crippen molar-refractivity contribution in [2.75, 3.05) is 62.5 Å². The van der Waals surface area contributed by atoms with Gasteiger partial charge in [0.1, 0.15) is 17.3 Å². The highest BCUT2D eigenvalue weighted by Crippen LogP contribution is 2.29. The lowest BCUT2D eigenvalue weighted by molar-refractivity contribution is 0.208. The number of ether oxygens (including phenoxy) is 2. The number of amides is 2. The van der Waals surface area contributed by atoms with Crippen LogP contribution in [0.3, 0.4) is 0 Å². The first-order chi connectivity index (χ1) is 14.0. The van der Waals surface area contributed by atoms with Crippen LogP contribution in [0.25, 0.3) is 0 Å². The molecule has 156 valence electrons. The maximum absolute atomic E-state index is 12.7. The number of hydrogen-bond donors (Lipinski definition) is 2. The van der Waals surface area contributed by atoms with Gasteiger partial charge in [0.05, 0.1) is 19.9 Å². The van der Waals surface area contributed by atoms with Crippen LogP contribution in [0.4, 0.5) is 22.2 Å². The summed E-state index contributed by atoms with van der Waals surface area (Å²) in [6, 6.07) is 7.07. The summed E-state index contributed by atoms with van der Waals surface area (Å²) in [4.78, 5) is 25.7. The molecule has 1 fully saturated rings. The summed E-state index contributed by atoms with van der Waals surface area (Å²) < 4.78 is 10.5. The molecular weight excluding hydrogens is 372 g/mol. The van der Waals surface area contributed by atoms with Gasteiger partial charge in [-0.15, -0.1) is 0 Å². The van der Waals surface area contributed by atoms with Gasteiger partial charge in [0.2, 0.25) is 5.95 Å². The van der Waals surface area contributed by atoms with Crippen LogP contribution < -0.4 is 25.0 Å². The number of methoxy groups -OCH3 is 2. The second-order valence-electron chi connectivity index (χ2n) is 6.70. The van der Waals surface area contributed by atoms with Gasteiger partial charge in [-0.1, -0.05) is 0 Å². The second-order valence-corrected chi connectivity index (χ2v) is 6.70. The van der Waals surface area contributed by atoms with E-state index < -0.39 is 0 Å². The maximum atomic E-state index is 12.7. The monoisotopic (exact) mass is 400 g/mol. The van der Waals surface area contributed by atoms with Gasteiger partial charge in [-0.3, -0.25) is 0 Å². The molecule has 1 saturated heterocycles. The molecular formula is C20H28N6O3.